The summed E-state index contributed by atoms with van der Waals surface area (Å²) in [4.78, 5) is 21.9. The van der Waals surface area contributed by atoms with Gasteiger partial charge in [0.2, 0.25) is 0 Å². The van der Waals surface area contributed by atoms with Crippen molar-refractivity contribution >= 4 is 22.0 Å². The minimum atomic E-state index is -0.478. The van der Waals surface area contributed by atoms with Crippen LogP contribution in [0, 0.1) is 0 Å². The van der Waals surface area contributed by atoms with Crippen LogP contribution < -0.4 is 0 Å². The number of imidazole rings is 1. The maximum absolute atomic E-state index is 12.2. The highest BCUT2D eigenvalue weighted by Crippen LogP contribution is 2.25. The molecule has 1 N–H and O–H groups in total. The first-order valence-corrected chi connectivity index (χ1v) is 8.43. The maximum Gasteiger partial charge on any atom is 0.410 e. The van der Waals surface area contributed by atoms with Crippen LogP contribution in [-0.4, -0.2) is 33.1 Å². The van der Waals surface area contributed by atoms with E-state index in [0.717, 1.165) is 33.7 Å². The first kappa shape index (κ1) is 16.1. The summed E-state index contributed by atoms with van der Waals surface area (Å²) < 4.78 is 6.48. The quantitative estimate of drug-likeness (QED) is 0.812. The molecule has 0 spiro atoms. The number of carbonyl (C=O) groups excluding carboxylic acids is 1. The third-order valence-corrected chi connectivity index (χ3v) is 4.13. The van der Waals surface area contributed by atoms with Gasteiger partial charge in [-0.25, -0.2) is 9.78 Å². The molecular weight excluding hydrogens is 358 g/mol. The van der Waals surface area contributed by atoms with Crippen LogP contribution >= 0.6 is 15.9 Å². The van der Waals surface area contributed by atoms with Crippen molar-refractivity contribution < 1.29 is 9.53 Å². The molecule has 0 saturated heterocycles. The van der Waals surface area contributed by atoms with Gasteiger partial charge in [0.15, 0.2) is 0 Å². The lowest BCUT2D eigenvalue weighted by molar-refractivity contribution is 0.0221. The van der Waals surface area contributed by atoms with Crippen LogP contribution in [0.25, 0.3) is 11.4 Å². The van der Waals surface area contributed by atoms with E-state index in [9.17, 15) is 4.79 Å². The lowest BCUT2D eigenvalue weighted by atomic mass is 10.1. The van der Waals surface area contributed by atoms with Gasteiger partial charge >= 0.3 is 6.09 Å². The Morgan fingerprint density at radius 1 is 1.30 bits per heavy atom. The summed E-state index contributed by atoms with van der Waals surface area (Å²) in [5.74, 6) is 0.841. The van der Waals surface area contributed by atoms with Crippen molar-refractivity contribution in [2.75, 3.05) is 6.54 Å². The first-order chi connectivity index (χ1) is 10.8. The Labute approximate surface area is 144 Å². The molecule has 1 aromatic heterocycles. The molecule has 0 aliphatic carbocycles. The molecule has 0 unspecified atom stereocenters. The van der Waals surface area contributed by atoms with Crippen LogP contribution in [0.2, 0.25) is 0 Å². The Morgan fingerprint density at radius 2 is 2.00 bits per heavy atom. The number of hydrogen-bond acceptors (Lipinski definition) is 3. The zero-order chi connectivity index (χ0) is 16.6. The highest BCUT2D eigenvalue weighted by atomic mass is 79.9. The lowest BCUT2D eigenvalue weighted by Gasteiger charge is -2.29. The topological polar surface area (TPSA) is 58.2 Å². The SMILES string of the molecule is CC(C)(C)OC(=O)N1CCc2nc(-c3ccc(Br)cc3)[nH]c2C1. The second kappa shape index (κ2) is 6.00. The number of halogens is 1. The van der Waals surface area contributed by atoms with Gasteiger partial charge in [0.05, 0.1) is 17.9 Å². The summed E-state index contributed by atoms with van der Waals surface area (Å²) >= 11 is 3.43. The molecule has 2 aromatic rings. The van der Waals surface area contributed by atoms with E-state index in [2.05, 4.69) is 25.9 Å². The smallest absolute Gasteiger partial charge is 0.410 e. The highest BCUT2D eigenvalue weighted by molar-refractivity contribution is 9.10. The Balaban J connectivity index is 1.77. The van der Waals surface area contributed by atoms with Crippen LogP contribution in [0.5, 0.6) is 0 Å². The summed E-state index contributed by atoms with van der Waals surface area (Å²) in [6.45, 7) is 6.77. The summed E-state index contributed by atoms with van der Waals surface area (Å²) in [7, 11) is 0. The van der Waals surface area contributed by atoms with E-state index in [-0.39, 0.29) is 6.09 Å². The zero-order valence-electron chi connectivity index (χ0n) is 13.5. The van der Waals surface area contributed by atoms with Crippen LogP contribution in [0.1, 0.15) is 32.2 Å². The van der Waals surface area contributed by atoms with Crippen LogP contribution in [0.15, 0.2) is 28.7 Å². The number of benzene rings is 1. The monoisotopic (exact) mass is 377 g/mol. The molecule has 0 saturated carbocycles. The second-order valence-corrected chi connectivity index (χ2v) is 7.59. The molecule has 2 heterocycles. The molecular formula is C17H20BrN3O2. The van der Waals surface area contributed by atoms with Gasteiger partial charge in [-0.1, -0.05) is 28.1 Å². The zero-order valence-corrected chi connectivity index (χ0v) is 15.1. The number of hydrogen-bond donors (Lipinski definition) is 1. The molecule has 1 aliphatic heterocycles. The standard InChI is InChI=1S/C17H20BrN3O2/c1-17(2,3)23-16(22)21-9-8-13-14(10-21)20-15(19-13)11-4-6-12(18)7-5-11/h4-7H,8-10H2,1-3H3,(H,19,20). The van der Waals surface area contributed by atoms with Gasteiger partial charge in [-0.2, -0.15) is 0 Å². The van der Waals surface area contributed by atoms with Gasteiger partial charge in [0.1, 0.15) is 11.4 Å². The Bertz CT molecular complexity index is 716. The Kier molecular flexibility index (Phi) is 4.19. The van der Waals surface area contributed by atoms with Crippen molar-refractivity contribution in [3.63, 3.8) is 0 Å². The third-order valence-electron chi connectivity index (χ3n) is 3.60. The van der Waals surface area contributed by atoms with Gasteiger partial charge in [-0.05, 0) is 32.9 Å². The van der Waals surface area contributed by atoms with Crippen molar-refractivity contribution in [3.05, 3.63) is 40.1 Å². The molecule has 0 fully saturated rings. The van der Waals surface area contributed by atoms with Crippen molar-refractivity contribution in [1.82, 2.24) is 14.9 Å². The summed E-state index contributed by atoms with van der Waals surface area (Å²) in [5, 5.41) is 0. The molecule has 1 aromatic carbocycles. The molecule has 1 amide bonds. The van der Waals surface area contributed by atoms with E-state index in [4.69, 9.17) is 4.74 Å². The summed E-state index contributed by atoms with van der Waals surface area (Å²) in [6, 6.07) is 8.01. The summed E-state index contributed by atoms with van der Waals surface area (Å²) in [6.07, 6.45) is 0.463. The maximum atomic E-state index is 12.2. The third kappa shape index (κ3) is 3.75. The minimum absolute atomic E-state index is 0.275. The molecule has 3 rings (SSSR count). The fraction of sp³-hybridized carbons (Fsp3) is 0.412. The van der Waals surface area contributed by atoms with E-state index in [0.29, 0.717) is 13.1 Å². The van der Waals surface area contributed by atoms with Gasteiger partial charge in [-0.3, -0.25) is 0 Å². The van der Waals surface area contributed by atoms with Gasteiger partial charge in [-0.15, -0.1) is 0 Å². The van der Waals surface area contributed by atoms with E-state index in [1.807, 2.05) is 45.0 Å². The van der Waals surface area contributed by atoms with E-state index in [1.54, 1.807) is 4.90 Å². The number of rotatable bonds is 1. The van der Waals surface area contributed by atoms with Crippen molar-refractivity contribution in [2.45, 2.75) is 39.3 Å². The minimum Gasteiger partial charge on any atom is -0.444 e. The number of ether oxygens (including phenoxy) is 1. The van der Waals surface area contributed by atoms with Crippen molar-refractivity contribution in [1.29, 1.82) is 0 Å². The predicted octanol–water partition coefficient (Wildman–Crippen LogP) is 4.13. The molecule has 0 bridgehead atoms. The van der Waals surface area contributed by atoms with Crippen LogP contribution in [0.4, 0.5) is 4.79 Å². The predicted molar refractivity (Wildman–Crippen MR) is 92.1 cm³/mol. The normalized spacial score (nSPS) is 14.5. The Morgan fingerprint density at radius 3 is 2.65 bits per heavy atom. The molecule has 5 nitrogen and oxygen atoms in total. The Hall–Kier alpha value is -1.82. The molecule has 23 heavy (non-hydrogen) atoms. The number of carbonyl (C=O) groups is 1. The van der Waals surface area contributed by atoms with Crippen molar-refractivity contribution in [2.24, 2.45) is 0 Å². The number of aromatic nitrogens is 2. The average Bonchev–Trinajstić information content (AvgIpc) is 2.89. The molecule has 1 aliphatic rings. The largest absolute Gasteiger partial charge is 0.444 e. The highest BCUT2D eigenvalue weighted by Gasteiger charge is 2.27. The number of aromatic amines is 1. The fourth-order valence-electron chi connectivity index (χ4n) is 2.52. The van der Waals surface area contributed by atoms with Gasteiger partial charge in [0.25, 0.3) is 0 Å². The molecule has 122 valence electrons. The number of nitrogens with zero attached hydrogens (tertiary/aromatic N) is 2. The van der Waals surface area contributed by atoms with Gasteiger partial charge < -0.3 is 14.6 Å². The number of H-pyrrole nitrogens is 1. The molecule has 0 atom stereocenters. The molecule has 0 radical (unpaired) electrons. The number of fused-ring (bicyclic) bond motifs is 1. The summed E-state index contributed by atoms with van der Waals surface area (Å²) in [5.41, 5.74) is 2.57. The van der Waals surface area contributed by atoms with Crippen molar-refractivity contribution in [3.8, 4) is 11.4 Å². The number of amides is 1. The van der Waals surface area contributed by atoms with Crippen LogP contribution in [-0.2, 0) is 17.7 Å². The first-order valence-electron chi connectivity index (χ1n) is 7.63. The molecule has 6 heteroatoms. The van der Waals surface area contributed by atoms with Crippen LogP contribution in [0.3, 0.4) is 0 Å². The second-order valence-electron chi connectivity index (χ2n) is 6.67. The lowest BCUT2D eigenvalue weighted by Crippen LogP contribution is -2.39. The van der Waals surface area contributed by atoms with E-state index >= 15 is 0 Å². The number of nitrogens with one attached hydrogen (secondary N) is 1. The fourth-order valence-corrected chi connectivity index (χ4v) is 2.78. The van der Waals surface area contributed by atoms with E-state index in [1.165, 1.54) is 0 Å². The van der Waals surface area contributed by atoms with Gasteiger partial charge in [0, 0.05) is 23.0 Å². The van der Waals surface area contributed by atoms with E-state index < -0.39 is 5.60 Å². The average molecular weight is 378 g/mol.